The predicted octanol–water partition coefficient (Wildman–Crippen LogP) is 1.49. The van der Waals surface area contributed by atoms with Crippen molar-refractivity contribution in [2.24, 2.45) is 0 Å². The minimum Gasteiger partial charge on any atom is -0.383 e. The smallest absolute Gasteiger partial charge is 0.108 e. The molecule has 3 heterocycles. The molecular weight excluding hydrogens is 340 g/mol. The summed E-state index contributed by atoms with van der Waals surface area (Å²) < 4.78 is 7.75. The number of rotatable bonds is 5. The molecule has 2 aliphatic heterocycles. The van der Waals surface area contributed by atoms with E-state index in [1.807, 2.05) is 37.5 Å². The molecule has 2 atom stereocenters. The molecule has 0 radical (unpaired) electrons. The van der Waals surface area contributed by atoms with Crippen LogP contribution < -0.4 is 0 Å². The van der Waals surface area contributed by atoms with Crippen LogP contribution in [-0.2, 0) is 16.9 Å². The molecular formula is C21H30N4O2. The lowest BCUT2D eigenvalue weighted by atomic mass is 9.79. The Hall–Kier alpha value is -1.73. The molecule has 1 aromatic carbocycles. The Bertz CT molecular complexity index is 729. The van der Waals surface area contributed by atoms with Gasteiger partial charge in [0.25, 0.3) is 0 Å². The lowest BCUT2D eigenvalue weighted by Gasteiger charge is -2.50. The molecule has 2 fully saturated rings. The van der Waals surface area contributed by atoms with Gasteiger partial charge in [0.15, 0.2) is 0 Å². The van der Waals surface area contributed by atoms with Crippen molar-refractivity contribution in [1.82, 2.24) is 19.4 Å². The maximum Gasteiger partial charge on any atom is 0.108 e. The number of aliphatic hydroxyl groups is 1. The van der Waals surface area contributed by atoms with E-state index in [-0.39, 0.29) is 6.04 Å². The van der Waals surface area contributed by atoms with Crippen molar-refractivity contribution in [2.75, 3.05) is 45.9 Å². The summed E-state index contributed by atoms with van der Waals surface area (Å²) in [5.74, 6) is 1.05. The Kier molecular flexibility index (Phi) is 5.59. The standard InChI is InChI=1S/C21H30N4O2/c1-18-22-8-10-24(18)12-11-23-9-7-21(26,19-5-3-2-4-6-19)20(17-23)25-13-15-27-16-14-25/h2-6,8,10,20,26H,7,9,11-17H2,1H3/t20-,21+/m1/s1. The third-order valence-corrected chi connectivity index (χ3v) is 6.13. The van der Waals surface area contributed by atoms with Gasteiger partial charge in [-0.25, -0.2) is 4.98 Å². The van der Waals surface area contributed by atoms with E-state index in [0.29, 0.717) is 0 Å². The van der Waals surface area contributed by atoms with Crippen molar-refractivity contribution < 1.29 is 9.84 Å². The Labute approximate surface area is 161 Å². The minimum atomic E-state index is -0.806. The van der Waals surface area contributed by atoms with Crippen LogP contribution in [0, 0.1) is 6.92 Å². The first-order chi connectivity index (χ1) is 13.2. The van der Waals surface area contributed by atoms with Crippen molar-refractivity contribution in [2.45, 2.75) is 31.5 Å². The van der Waals surface area contributed by atoms with Gasteiger partial charge in [0.2, 0.25) is 0 Å². The van der Waals surface area contributed by atoms with E-state index in [1.54, 1.807) is 0 Å². The molecule has 6 heteroatoms. The van der Waals surface area contributed by atoms with E-state index in [9.17, 15) is 5.11 Å². The summed E-state index contributed by atoms with van der Waals surface area (Å²) in [4.78, 5) is 9.22. The van der Waals surface area contributed by atoms with Gasteiger partial charge in [0, 0.05) is 51.7 Å². The fourth-order valence-corrected chi connectivity index (χ4v) is 4.44. The summed E-state index contributed by atoms with van der Waals surface area (Å²) in [5, 5.41) is 11.7. The molecule has 2 saturated heterocycles. The van der Waals surface area contributed by atoms with Gasteiger partial charge in [0.1, 0.15) is 11.4 Å². The number of morpholine rings is 1. The molecule has 1 N–H and O–H groups in total. The monoisotopic (exact) mass is 370 g/mol. The molecule has 0 bridgehead atoms. The van der Waals surface area contributed by atoms with Crippen LogP contribution in [-0.4, -0.2) is 76.4 Å². The lowest BCUT2D eigenvalue weighted by Crippen LogP contribution is -2.62. The number of nitrogens with zero attached hydrogens (tertiary/aromatic N) is 4. The van der Waals surface area contributed by atoms with Gasteiger partial charge in [-0.1, -0.05) is 30.3 Å². The Balaban J connectivity index is 1.51. The first-order valence-corrected chi connectivity index (χ1v) is 9.96. The topological polar surface area (TPSA) is 53.8 Å². The second-order valence-electron chi connectivity index (χ2n) is 7.67. The number of hydrogen-bond acceptors (Lipinski definition) is 5. The van der Waals surface area contributed by atoms with Gasteiger partial charge < -0.3 is 14.4 Å². The van der Waals surface area contributed by atoms with Gasteiger partial charge in [0.05, 0.1) is 19.3 Å². The van der Waals surface area contributed by atoms with Crippen LogP contribution in [0.1, 0.15) is 17.8 Å². The molecule has 2 aliphatic rings. The maximum atomic E-state index is 11.7. The fourth-order valence-electron chi connectivity index (χ4n) is 4.44. The number of ether oxygens (including phenoxy) is 1. The van der Waals surface area contributed by atoms with E-state index in [2.05, 4.69) is 31.5 Å². The van der Waals surface area contributed by atoms with E-state index in [4.69, 9.17) is 4.74 Å². The molecule has 27 heavy (non-hydrogen) atoms. The van der Waals surface area contributed by atoms with Gasteiger partial charge in [-0.15, -0.1) is 0 Å². The van der Waals surface area contributed by atoms with Crippen molar-refractivity contribution in [3.8, 4) is 0 Å². The highest BCUT2D eigenvalue weighted by Gasteiger charge is 2.45. The first kappa shape index (κ1) is 18.6. The zero-order valence-electron chi connectivity index (χ0n) is 16.1. The molecule has 0 unspecified atom stereocenters. The number of imidazole rings is 1. The number of benzene rings is 1. The number of aromatic nitrogens is 2. The van der Waals surface area contributed by atoms with Crippen molar-refractivity contribution >= 4 is 0 Å². The van der Waals surface area contributed by atoms with Crippen LogP contribution >= 0.6 is 0 Å². The van der Waals surface area contributed by atoms with Gasteiger partial charge in [-0.3, -0.25) is 9.80 Å². The Morgan fingerprint density at radius 3 is 2.63 bits per heavy atom. The quantitative estimate of drug-likeness (QED) is 0.864. The Morgan fingerprint density at radius 2 is 1.93 bits per heavy atom. The summed E-state index contributed by atoms with van der Waals surface area (Å²) in [7, 11) is 0. The maximum absolute atomic E-state index is 11.7. The van der Waals surface area contributed by atoms with Gasteiger partial charge in [-0.2, -0.15) is 0 Å². The highest BCUT2D eigenvalue weighted by Crippen LogP contribution is 2.36. The van der Waals surface area contributed by atoms with E-state index in [1.165, 1.54) is 0 Å². The Morgan fingerprint density at radius 1 is 1.15 bits per heavy atom. The highest BCUT2D eigenvalue weighted by molar-refractivity contribution is 5.26. The summed E-state index contributed by atoms with van der Waals surface area (Å²) >= 11 is 0. The fraction of sp³-hybridized carbons (Fsp3) is 0.571. The lowest BCUT2D eigenvalue weighted by molar-refractivity contribution is -0.118. The molecule has 0 amide bonds. The van der Waals surface area contributed by atoms with Crippen LogP contribution in [0.15, 0.2) is 42.7 Å². The molecule has 0 aliphatic carbocycles. The summed E-state index contributed by atoms with van der Waals surface area (Å²) in [6.45, 7) is 8.99. The zero-order valence-corrected chi connectivity index (χ0v) is 16.1. The van der Waals surface area contributed by atoms with E-state index < -0.39 is 5.60 Å². The van der Waals surface area contributed by atoms with Gasteiger partial charge >= 0.3 is 0 Å². The first-order valence-electron chi connectivity index (χ1n) is 9.96. The normalized spacial score (nSPS) is 27.7. The number of hydrogen-bond donors (Lipinski definition) is 1. The number of piperidine rings is 1. The van der Waals surface area contributed by atoms with E-state index >= 15 is 0 Å². The average molecular weight is 370 g/mol. The molecule has 0 spiro atoms. The van der Waals surface area contributed by atoms with Crippen molar-refractivity contribution in [1.29, 1.82) is 0 Å². The summed E-state index contributed by atoms with van der Waals surface area (Å²) in [6.07, 6.45) is 4.65. The molecule has 0 saturated carbocycles. The van der Waals surface area contributed by atoms with Crippen LogP contribution in [0.5, 0.6) is 0 Å². The summed E-state index contributed by atoms with van der Waals surface area (Å²) in [6, 6.07) is 10.3. The SMILES string of the molecule is Cc1nccn1CCN1CC[C@](O)(c2ccccc2)[C@H](N2CCOCC2)C1. The van der Waals surface area contributed by atoms with Crippen LogP contribution in [0.3, 0.4) is 0 Å². The van der Waals surface area contributed by atoms with Crippen LogP contribution in [0.25, 0.3) is 0 Å². The average Bonchev–Trinajstić information content (AvgIpc) is 3.13. The largest absolute Gasteiger partial charge is 0.383 e. The summed E-state index contributed by atoms with van der Waals surface area (Å²) in [5.41, 5.74) is 0.228. The van der Waals surface area contributed by atoms with E-state index in [0.717, 1.165) is 70.3 Å². The molecule has 2 aromatic rings. The second-order valence-corrected chi connectivity index (χ2v) is 7.67. The second kappa shape index (κ2) is 8.10. The number of likely N-dealkylation sites (tertiary alicyclic amines) is 1. The highest BCUT2D eigenvalue weighted by atomic mass is 16.5. The van der Waals surface area contributed by atoms with Crippen molar-refractivity contribution in [3.63, 3.8) is 0 Å². The zero-order chi connectivity index (χ0) is 18.7. The van der Waals surface area contributed by atoms with Crippen LogP contribution in [0.4, 0.5) is 0 Å². The molecule has 6 nitrogen and oxygen atoms in total. The third kappa shape index (κ3) is 3.94. The number of aryl methyl sites for hydroxylation is 1. The predicted molar refractivity (Wildman–Crippen MR) is 105 cm³/mol. The van der Waals surface area contributed by atoms with Crippen molar-refractivity contribution in [3.05, 3.63) is 54.1 Å². The minimum absolute atomic E-state index is 0.0847. The molecule has 1 aromatic heterocycles. The van der Waals surface area contributed by atoms with Gasteiger partial charge in [-0.05, 0) is 18.9 Å². The third-order valence-electron chi connectivity index (χ3n) is 6.13. The molecule has 4 rings (SSSR count). The van der Waals surface area contributed by atoms with Crippen LogP contribution in [0.2, 0.25) is 0 Å². The molecule has 146 valence electrons.